The van der Waals surface area contributed by atoms with Gasteiger partial charge in [0.05, 0.1) is 12.5 Å². The zero-order chi connectivity index (χ0) is 10.4. The summed E-state index contributed by atoms with van der Waals surface area (Å²) in [5.41, 5.74) is 0.962. The Morgan fingerprint density at radius 1 is 1.57 bits per heavy atom. The smallest absolute Gasteiger partial charge is 0.309 e. The van der Waals surface area contributed by atoms with Gasteiger partial charge < -0.3 is 9.84 Å². The van der Waals surface area contributed by atoms with Crippen molar-refractivity contribution in [3.63, 3.8) is 0 Å². The summed E-state index contributed by atoms with van der Waals surface area (Å²) in [6.07, 6.45) is 3.79. The molecule has 0 radical (unpaired) electrons. The number of carboxylic acids is 1. The minimum absolute atomic E-state index is 0.234. The molecule has 1 N–H and O–H groups in total. The fraction of sp³-hybridized carbons (Fsp3) is 0.400. The van der Waals surface area contributed by atoms with E-state index >= 15 is 0 Å². The third-order valence-electron chi connectivity index (χ3n) is 1.95. The van der Waals surface area contributed by atoms with E-state index in [4.69, 9.17) is 9.84 Å². The molecule has 4 nitrogen and oxygen atoms in total. The average Bonchev–Trinajstić information content (AvgIpc) is 2.18. The van der Waals surface area contributed by atoms with E-state index < -0.39 is 11.9 Å². The highest BCUT2D eigenvalue weighted by Crippen LogP contribution is 2.08. The van der Waals surface area contributed by atoms with Crippen molar-refractivity contribution in [1.29, 1.82) is 0 Å². The Hall–Kier alpha value is -1.42. The molecule has 0 amide bonds. The second kappa shape index (κ2) is 5.34. The molecule has 1 unspecified atom stereocenters. The van der Waals surface area contributed by atoms with Crippen molar-refractivity contribution in [2.45, 2.75) is 6.42 Å². The van der Waals surface area contributed by atoms with Crippen LogP contribution in [0.2, 0.25) is 0 Å². The van der Waals surface area contributed by atoms with E-state index in [1.807, 2.05) is 12.1 Å². The van der Waals surface area contributed by atoms with Gasteiger partial charge in [-0.15, -0.1) is 0 Å². The largest absolute Gasteiger partial charge is 0.481 e. The number of hydrogen-bond acceptors (Lipinski definition) is 3. The van der Waals surface area contributed by atoms with E-state index in [-0.39, 0.29) is 6.61 Å². The molecule has 0 aliphatic rings. The minimum Gasteiger partial charge on any atom is -0.481 e. The number of rotatable bonds is 5. The fourth-order valence-electron chi connectivity index (χ4n) is 1.22. The number of pyridine rings is 1. The first-order valence-corrected chi connectivity index (χ1v) is 4.34. The standard InChI is InChI=1S/C10H13NO3/c1-14-7-9(10(12)13)6-8-2-4-11-5-3-8/h2-5,9H,6-7H2,1H3,(H,12,13). The SMILES string of the molecule is COCC(Cc1ccncc1)C(=O)O. The summed E-state index contributed by atoms with van der Waals surface area (Å²) < 4.78 is 4.84. The monoisotopic (exact) mass is 195 g/mol. The van der Waals surface area contributed by atoms with Crippen LogP contribution in [-0.2, 0) is 16.0 Å². The third kappa shape index (κ3) is 3.14. The maximum Gasteiger partial charge on any atom is 0.309 e. The van der Waals surface area contributed by atoms with Gasteiger partial charge in [-0.1, -0.05) is 0 Å². The predicted molar refractivity (Wildman–Crippen MR) is 50.9 cm³/mol. The van der Waals surface area contributed by atoms with Crippen LogP contribution in [-0.4, -0.2) is 29.8 Å². The van der Waals surface area contributed by atoms with Crippen molar-refractivity contribution in [1.82, 2.24) is 4.98 Å². The van der Waals surface area contributed by atoms with Crippen LogP contribution in [0.1, 0.15) is 5.56 Å². The first kappa shape index (κ1) is 10.7. The summed E-state index contributed by atoms with van der Waals surface area (Å²) in [4.78, 5) is 14.7. The molecule has 0 fully saturated rings. The van der Waals surface area contributed by atoms with Crippen molar-refractivity contribution < 1.29 is 14.6 Å². The van der Waals surface area contributed by atoms with Crippen molar-refractivity contribution in [3.05, 3.63) is 30.1 Å². The quantitative estimate of drug-likeness (QED) is 0.760. The Labute approximate surface area is 82.5 Å². The topological polar surface area (TPSA) is 59.4 Å². The molecule has 0 spiro atoms. The number of aromatic nitrogens is 1. The van der Waals surface area contributed by atoms with Crippen LogP contribution in [0.15, 0.2) is 24.5 Å². The predicted octanol–water partition coefficient (Wildman–Crippen LogP) is 0.971. The molecule has 0 saturated heterocycles. The maximum absolute atomic E-state index is 10.8. The first-order valence-electron chi connectivity index (χ1n) is 4.34. The highest BCUT2D eigenvalue weighted by atomic mass is 16.5. The Balaban J connectivity index is 2.60. The molecule has 4 heteroatoms. The summed E-state index contributed by atoms with van der Waals surface area (Å²) >= 11 is 0. The number of aliphatic carboxylic acids is 1. The summed E-state index contributed by atoms with van der Waals surface area (Å²) in [7, 11) is 1.50. The summed E-state index contributed by atoms with van der Waals surface area (Å²) in [5, 5.41) is 8.87. The average molecular weight is 195 g/mol. The molecule has 1 aromatic heterocycles. The Bertz CT molecular complexity index is 287. The van der Waals surface area contributed by atoms with Gasteiger partial charge in [-0.2, -0.15) is 0 Å². The molecule has 0 aliphatic carbocycles. The molecule has 0 bridgehead atoms. The summed E-state index contributed by atoms with van der Waals surface area (Å²) in [6.45, 7) is 0.234. The van der Waals surface area contributed by atoms with E-state index in [0.717, 1.165) is 5.56 Å². The number of ether oxygens (including phenoxy) is 1. The fourth-order valence-corrected chi connectivity index (χ4v) is 1.22. The van der Waals surface area contributed by atoms with Gasteiger partial charge in [0.1, 0.15) is 0 Å². The zero-order valence-electron chi connectivity index (χ0n) is 8.01. The van der Waals surface area contributed by atoms with Crippen LogP contribution in [0.25, 0.3) is 0 Å². The number of methoxy groups -OCH3 is 1. The van der Waals surface area contributed by atoms with Crippen LogP contribution in [0.3, 0.4) is 0 Å². The van der Waals surface area contributed by atoms with Crippen molar-refractivity contribution in [3.8, 4) is 0 Å². The van der Waals surface area contributed by atoms with Gasteiger partial charge in [0, 0.05) is 19.5 Å². The van der Waals surface area contributed by atoms with Crippen molar-refractivity contribution in [2.75, 3.05) is 13.7 Å². The lowest BCUT2D eigenvalue weighted by Crippen LogP contribution is -2.21. The highest BCUT2D eigenvalue weighted by molar-refractivity contribution is 5.70. The molecule has 1 rings (SSSR count). The van der Waals surface area contributed by atoms with Gasteiger partial charge in [0.15, 0.2) is 0 Å². The lowest BCUT2D eigenvalue weighted by atomic mass is 10.0. The third-order valence-corrected chi connectivity index (χ3v) is 1.95. The second-order valence-corrected chi connectivity index (χ2v) is 3.05. The Morgan fingerprint density at radius 3 is 2.71 bits per heavy atom. The number of nitrogens with zero attached hydrogens (tertiary/aromatic N) is 1. The zero-order valence-corrected chi connectivity index (χ0v) is 8.01. The van der Waals surface area contributed by atoms with Crippen LogP contribution in [0, 0.1) is 5.92 Å². The van der Waals surface area contributed by atoms with Crippen LogP contribution >= 0.6 is 0 Å². The van der Waals surface area contributed by atoms with Crippen molar-refractivity contribution >= 4 is 5.97 Å². The molecule has 76 valence electrons. The normalized spacial score (nSPS) is 12.4. The number of hydrogen-bond donors (Lipinski definition) is 1. The van der Waals surface area contributed by atoms with E-state index in [1.54, 1.807) is 12.4 Å². The second-order valence-electron chi connectivity index (χ2n) is 3.05. The molecule has 1 aromatic rings. The molecular formula is C10H13NO3. The lowest BCUT2D eigenvalue weighted by Gasteiger charge is -2.10. The van der Waals surface area contributed by atoms with Gasteiger partial charge >= 0.3 is 5.97 Å². The molecule has 0 aromatic carbocycles. The Morgan fingerprint density at radius 2 is 2.21 bits per heavy atom. The summed E-state index contributed by atoms with van der Waals surface area (Å²) in [5.74, 6) is -1.31. The van der Waals surface area contributed by atoms with Crippen LogP contribution in [0.5, 0.6) is 0 Å². The van der Waals surface area contributed by atoms with E-state index in [9.17, 15) is 4.79 Å². The molecule has 1 atom stereocenters. The molecule has 0 saturated carbocycles. The van der Waals surface area contributed by atoms with Gasteiger partial charge in [0.2, 0.25) is 0 Å². The first-order chi connectivity index (χ1) is 6.74. The van der Waals surface area contributed by atoms with Crippen LogP contribution in [0.4, 0.5) is 0 Å². The lowest BCUT2D eigenvalue weighted by molar-refractivity contribution is -0.143. The highest BCUT2D eigenvalue weighted by Gasteiger charge is 2.17. The summed E-state index contributed by atoms with van der Waals surface area (Å²) in [6, 6.07) is 3.62. The van der Waals surface area contributed by atoms with Gasteiger partial charge in [0.25, 0.3) is 0 Å². The molecule has 1 heterocycles. The minimum atomic E-state index is -0.830. The number of carboxylic acid groups (broad SMARTS) is 1. The van der Waals surface area contributed by atoms with Gasteiger partial charge in [-0.3, -0.25) is 9.78 Å². The molecular weight excluding hydrogens is 182 g/mol. The van der Waals surface area contributed by atoms with Gasteiger partial charge in [-0.05, 0) is 24.1 Å². The van der Waals surface area contributed by atoms with E-state index in [0.29, 0.717) is 6.42 Å². The number of carbonyl (C=O) groups is 1. The van der Waals surface area contributed by atoms with E-state index in [1.165, 1.54) is 7.11 Å². The molecule has 0 aliphatic heterocycles. The van der Waals surface area contributed by atoms with Crippen LogP contribution < -0.4 is 0 Å². The maximum atomic E-state index is 10.8. The van der Waals surface area contributed by atoms with Crippen molar-refractivity contribution in [2.24, 2.45) is 5.92 Å². The molecule has 14 heavy (non-hydrogen) atoms. The Kier molecular flexibility index (Phi) is 4.07. The van der Waals surface area contributed by atoms with Gasteiger partial charge in [-0.25, -0.2) is 0 Å². The van der Waals surface area contributed by atoms with E-state index in [2.05, 4.69) is 4.98 Å².